The number of aliphatic hydroxyl groups is 1. The maximum atomic E-state index is 13.5. The molecule has 0 radical (unpaired) electrons. The summed E-state index contributed by atoms with van der Waals surface area (Å²) in [6, 6.07) is -0.299. The molecular weight excluding hydrogens is 275 g/mol. The Morgan fingerprint density at radius 3 is 2.30 bits per heavy atom. The summed E-state index contributed by atoms with van der Waals surface area (Å²) in [6.45, 7) is 4.18. The van der Waals surface area contributed by atoms with Gasteiger partial charge in [0.25, 0.3) is 0 Å². The van der Waals surface area contributed by atoms with E-state index >= 15 is 0 Å². The van der Waals surface area contributed by atoms with Gasteiger partial charge < -0.3 is 15.2 Å². The molecule has 0 bridgehead atoms. The first kappa shape index (κ1) is 16.3. The number of alkyl carbamates (subject to hydrolysis) is 1. The molecule has 0 fully saturated rings. The van der Waals surface area contributed by atoms with Crippen LogP contribution in [0.5, 0.6) is 0 Å². The molecule has 1 aromatic carbocycles. The fourth-order valence-corrected chi connectivity index (χ4v) is 1.48. The van der Waals surface area contributed by atoms with E-state index in [1.807, 2.05) is 0 Å². The molecule has 2 N–H and O–H groups in total. The molecule has 0 saturated heterocycles. The van der Waals surface area contributed by atoms with Crippen molar-refractivity contribution in [1.29, 1.82) is 0 Å². The van der Waals surface area contributed by atoms with E-state index in [1.165, 1.54) is 0 Å². The zero-order valence-electron chi connectivity index (χ0n) is 11.3. The van der Waals surface area contributed by atoms with E-state index in [0.717, 1.165) is 0 Å². The van der Waals surface area contributed by atoms with Crippen LogP contribution < -0.4 is 5.32 Å². The summed E-state index contributed by atoms with van der Waals surface area (Å²) in [7, 11) is 0. The SMILES string of the molecule is CC(C)(C)OC(=O)N[C@H](CO)c1cc(F)c(F)cc1F. The maximum absolute atomic E-state index is 13.5. The van der Waals surface area contributed by atoms with Crippen molar-refractivity contribution in [2.75, 3.05) is 6.61 Å². The number of amides is 1. The van der Waals surface area contributed by atoms with E-state index in [0.29, 0.717) is 12.1 Å². The molecule has 0 aliphatic heterocycles. The lowest BCUT2D eigenvalue weighted by Crippen LogP contribution is -2.36. The van der Waals surface area contributed by atoms with Crippen molar-refractivity contribution in [3.05, 3.63) is 35.1 Å². The number of hydrogen-bond donors (Lipinski definition) is 2. The minimum Gasteiger partial charge on any atom is -0.444 e. The molecule has 0 aliphatic carbocycles. The van der Waals surface area contributed by atoms with Gasteiger partial charge in [0, 0.05) is 11.6 Å². The lowest BCUT2D eigenvalue weighted by Gasteiger charge is -2.23. The molecule has 0 aliphatic rings. The number of nitrogens with one attached hydrogen (secondary N) is 1. The first-order chi connectivity index (χ1) is 9.14. The largest absolute Gasteiger partial charge is 0.444 e. The molecule has 1 amide bonds. The summed E-state index contributed by atoms with van der Waals surface area (Å²) < 4.78 is 44.4. The summed E-state index contributed by atoms with van der Waals surface area (Å²) in [5, 5.41) is 11.3. The van der Waals surface area contributed by atoms with Crippen molar-refractivity contribution in [2.45, 2.75) is 32.4 Å². The Balaban J connectivity index is 2.92. The van der Waals surface area contributed by atoms with Crippen LogP contribution in [0.15, 0.2) is 12.1 Å². The summed E-state index contributed by atoms with van der Waals surface area (Å²) in [6.07, 6.45) is -0.902. The van der Waals surface area contributed by atoms with Gasteiger partial charge in [-0.3, -0.25) is 0 Å². The molecule has 1 aromatic rings. The molecule has 20 heavy (non-hydrogen) atoms. The number of aliphatic hydroxyl groups excluding tert-OH is 1. The fourth-order valence-electron chi connectivity index (χ4n) is 1.48. The molecule has 112 valence electrons. The average molecular weight is 291 g/mol. The van der Waals surface area contributed by atoms with E-state index < -0.39 is 41.8 Å². The summed E-state index contributed by atoms with van der Waals surface area (Å²) in [5.41, 5.74) is -1.14. The second kappa shape index (κ2) is 6.13. The van der Waals surface area contributed by atoms with Crippen LogP contribution in [0.4, 0.5) is 18.0 Å². The highest BCUT2D eigenvalue weighted by atomic mass is 19.2. The van der Waals surface area contributed by atoms with Gasteiger partial charge in [-0.25, -0.2) is 18.0 Å². The van der Waals surface area contributed by atoms with Crippen molar-refractivity contribution in [2.24, 2.45) is 0 Å². The Labute approximate surface area is 114 Å². The van der Waals surface area contributed by atoms with E-state index in [4.69, 9.17) is 9.84 Å². The molecule has 1 atom stereocenters. The van der Waals surface area contributed by atoms with Crippen molar-refractivity contribution in [3.63, 3.8) is 0 Å². The Hall–Kier alpha value is -1.76. The normalized spacial score (nSPS) is 12.9. The highest BCUT2D eigenvalue weighted by molar-refractivity contribution is 5.68. The Bertz CT molecular complexity index is 500. The number of rotatable bonds is 3. The van der Waals surface area contributed by atoms with Crippen LogP contribution >= 0.6 is 0 Å². The Morgan fingerprint density at radius 1 is 1.25 bits per heavy atom. The van der Waals surface area contributed by atoms with Gasteiger partial charge in [-0.1, -0.05) is 0 Å². The minimum absolute atomic E-state index is 0.351. The standard InChI is InChI=1S/C13H16F3NO3/c1-13(2,3)20-12(19)17-11(6-18)7-4-9(15)10(16)5-8(7)14/h4-5,11,18H,6H2,1-3H3,(H,17,19)/t11-/m1/s1. The Kier molecular flexibility index (Phi) is 4.99. The van der Waals surface area contributed by atoms with Crippen LogP contribution in [0.3, 0.4) is 0 Å². The van der Waals surface area contributed by atoms with Gasteiger partial charge in [-0.15, -0.1) is 0 Å². The van der Waals surface area contributed by atoms with E-state index in [2.05, 4.69) is 5.32 Å². The minimum atomic E-state index is -1.35. The van der Waals surface area contributed by atoms with Crippen LogP contribution in [0.25, 0.3) is 0 Å². The number of ether oxygens (including phenoxy) is 1. The van der Waals surface area contributed by atoms with Crippen LogP contribution in [0.2, 0.25) is 0 Å². The van der Waals surface area contributed by atoms with Gasteiger partial charge >= 0.3 is 6.09 Å². The lowest BCUT2D eigenvalue weighted by atomic mass is 10.1. The van der Waals surface area contributed by atoms with Gasteiger partial charge in [0.15, 0.2) is 11.6 Å². The van der Waals surface area contributed by atoms with Crippen molar-refractivity contribution < 1.29 is 27.8 Å². The van der Waals surface area contributed by atoms with E-state index in [1.54, 1.807) is 20.8 Å². The molecule has 0 heterocycles. The molecular formula is C13H16F3NO3. The highest BCUT2D eigenvalue weighted by Gasteiger charge is 2.23. The number of carbonyl (C=O) groups excluding carboxylic acids is 1. The molecule has 0 saturated carbocycles. The second-order valence-corrected chi connectivity index (χ2v) is 5.17. The van der Waals surface area contributed by atoms with Gasteiger partial charge in [-0.2, -0.15) is 0 Å². The zero-order valence-corrected chi connectivity index (χ0v) is 11.3. The highest BCUT2D eigenvalue weighted by Crippen LogP contribution is 2.21. The molecule has 0 spiro atoms. The number of carbonyl (C=O) groups is 1. The molecule has 0 unspecified atom stereocenters. The maximum Gasteiger partial charge on any atom is 0.408 e. The van der Waals surface area contributed by atoms with Crippen molar-refractivity contribution >= 4 is 6.09 Å². The number of halogens is 3. The van der Waals surface area contributed by atoms with Crippen LogP contribution in [-0.4, -0.2) is 23.4 Å². The zero-order chi connectivity index (χ0) is 15.5. The van der Waals surface area contributed by atoms with Crippen molar-refractivity contribution in [1.82, 2.24) is 5.32 Å². The summed E-state index contributed by atoms with van der Waals surface area (Å²) >= 11 is 0. The third kappa shape index (κ3) is 4.41. The predicted octanol–water partition coefficient (Wildman–Crippen LogP) is 2.66. The average Bonchev–Trinajstić information content (AvgIpc) is 2.29. The van der Waals surface area contributed by atoms with Gasteiger partial charge in [-0.05, 0) is 26.8 Å². The number of hydrogen-bond acceptors (Lipinski definition) is 3. The molecule has 7 heteroatoms. The van der Waals surface area contributed by atoms with Crippen LogP contribution in [0, 0.1) is 17.5 Å². The van der Waals surface area contributed by atoms with Crippen LogP contribution in [0.1, 0.15) is 32.4 Å². The van der Waals surface area contributed by atoms with Gasteiger partial charge in [0.2, 0.25) is 0 Å². The molecule has 4 nitrogen and oxygen atoms in total. The lowest BCUT2D eigenvalue weighted by molar-refractivity contribution is 0.0480. The smallest absolute Gasteiger partial charge is 0.408 e. The van der Waals surface area contributed by atoms with Gasteiger partial charge in [0.05, 0.1) is 12.6 Å². The van der Waals surface area contributed by atoms with E-state index in [9.17, 15) is 18.0 Å². The topological polar surface area (TPSA) is 58.6 Å². The summed E-state index contributed by atoms with van der Waals surface area (Å²) in [5.74, 6) is -3.69. The van der Waals surface area contributed by atoms with Gasteiger partial charge in [0.1, 0.15) is 11.4 Å². The fraction of sp³-hybridized carbons (Fsp3) is 0.462. The quantitative estimate of drug-likeness (QED) is 0.842. The Morgan fingerprint density at radius 2 is 1.80 bits per heavy atom. The van der Waals surface area contributed by atoms with E-state index in [-0.39, 0.29) is 5.56 Å². The summed E-state index contributed by atoms with van der Waals surface area (Å²) in [4.78, 5) is 11.5. The first-order valence-corrected chi connectivity index (χ1v) is 5.89. The van der Waals surface area contributed by atoms with Crippen molar-refractivity contribution in [3.8, 4) is 0 Å². The second-order valence-electron chi connectivity index (χ2n) is 5.17. The molecule has 0 aromatic heterocycles. The van der Waals surface area contributed by atoms with Crippen LogP contribution in [-0.2, 0) is 4.74 Å². The first-order valence-electron chi connectivity index (χ1n) is 5.89. The molecule has 1 rings (SSSR count). The third-order valence-electron chi connectivity index (χ3n) is 2.29. The number of benzene rings is 1. The third-order valence-corrected chi connectivity index (χ3v) is 2.29. The monoisotopic (exact) mass is 291 g/mol. The predicted molar refractivity (Wildman–Crippen MR) is 65.5 cm³/mol.